The summed E-state index contributed by atoms with van der Waals surface area (Å²) in [5.74, 6) is 0.605. The van der Waals surface area contributed by atoms with E-state index in [-0.39, 0.29) is 0 Å². The van der Waals surface area contributed by atoms with Crippen LogP contribution in [0.4, 0.5) is 0 Å². The van der Waals surface area contributed by atoms with Crippen LogP contribution >= 0.6 is 0 Å². The highest BCUT2D eigenvalue weighted by atomic mass is 16.4. The predicted octanol–water partition coefficient (Wildman–Crippen LogP) is 3.49. The van der Waals surface area contributed by atoms with Crippen molar-refractivity contribution in [3.8, 4) is 0 Å². The molecule has 0 bridgehead atoms. The summed E-state index contributed by atoms with van der Waals surface area (Å²) in [7, 11) is 0. The second kappa shape index (κ2) is 5.19. The lowest BCUT2D eigenvalue weighted by Gasteiger charge is -2.14. The molecule has 90 valence electrons. The summed E-state index contributed by atoms with van der Waals surface area (Å²) in [4.78, 5) is 0. The van der Waals surface area contributed by atoms with Crippen molar-refractivity contribution in [1.82, 2.24) is 0 Å². The molecule has 1 aromatic heterocycles. The minimum absolute atomic E-state index is 0.605. The first-order valence-corrected chi connectivity index (χ1v) is 6.09. The molecule has 0 saturated carbocycles. The quantitative estimate of drug-likeness (QED) is 0.872. The molecule has 1 N–H and O–H groups in total. The molecule has 2 rings (SSSR count). The van der Waals surface area contributed by atoms with E-state index in [1.807, 2.05) is 6.07 Å². The zero-order chi connectivity index (χ0) is 12.3. The third kappa shape index (κ3) is 2.42. The van der Waals surface area contributed by atoms with Gasteiger partial charge in [0.15, 0.2) is 0 Å². The van der Waals surface area contributed by atoms with Gasteiger partial charge >= 0.3 is 0 Å². The lowest BCUT2D eigenvalue weighted by atomic mass is 9.96. The third-order valence-electron chi connectivity index (χ3n) is 3.11. The van der Waals surface area contributed by atoms with Crippen LogP contribution in [0.25, 0.3) is 0 Å². The SMILES string of the molecule is CCc1ccc(CC)c(C(O)c2ccco2)c1. The molecule has 2 aromatic rings. The Hall–Kier alpha value is -1.54. The van der Waals surface area contributed by atoms with Crippen molar-refractivity contribution >= 4 is 0 Å². The van der Waals surface area contributed by atoms with Gasteiger partial charge in [-0.1, -0.05) is 32.0 Å². The van der Waals surface area contributed by atoms with Crippen molar-refractivity contribution < 1.29 is 9.52 Å². The number of hydrogen-bond donors (Lipinski definition) is 1. The van der Waals surface area contributed by atoms with Crippen LogP contribution in [0.15, 0.2) is 41.0 Å². The highest BCUT2D eigenvalue weighted by Gasteiger charge is 2.16. The molecule has 1 atom stereocenters. The summed E-state index contributed by atoms with van der Waals surface area (Å²) in [5.41, 5.74) is 3.37. The average Bonchev–Trinajstić information content (AvgIpc) is 2.91. The Balaban J connectivity index is 2.41. The Bertz CT molecular complexity index is 472. The molecule has 0 aliphatic rings. The second-order valence-corrected chi connectivity index (χ2v) is 4.16. The maximum absolute atomic E-state index is 10.3. The van der Waals surface area contributed by atoms with Gasteiger partial charge in [-0.25, -0.2) is 0 Å². The maximum atomic E-state index is 10.3. The van der Waals surface area contributed by atoms with Gasteiger partial charge in [0.1, 0.15) is 11.9 Å². The molecular weight excluding hydrogens is 212 g/mol. The van der Waals surface area contributed by atoms with Gasteiger partial charge in [-0.05, 0) is 41.7 Å². The molecule has 17 heavy (non-hydrogen) atoms. The normalized spacial score (nSPS) is 12.6. The molecule has 0 fully saturated rings. The molecule has 1 heterocycles. The Morgan fingerprint density at radius 2 is 2.00 bits per heavy atom. The van der Waals surface area contributed by atoms with Gasteiger partial charge in [0.25, 0.3) is 0 Å². The van der Waals surface area contributed by atoms with Crippen molar-refractivity contribution in [3.63, 3.8) is 0 Å². The molecule has 0 aliphatic carbocycles. The Morgan fingerprint density at radius 1 is 1.18 bits per heavy atom. The number of aliphatic hydroxyl groups excluding tert-OH is 1. The van der Waals surface area contributed by atoms with E-state index >= 15 is 0 Å². The van der Waals surface area contributed by atoms with Crippen LogP contribution in [-0.2, 0) is 12.8 Å². The summed E-state index contributed by atoms with van der Waals surface area (Å²) >= 11 is 0. The van der Waals surface area contributed by atoms with E-state index in [0.717, 1.165) is 18.4 Å². The largest absolute Gasteiger partial charge is 0.466 e. The van der Waals surface area contributed by atoms with Crippen molar-refractivity contribution in [2.75, 3.05) is 0 Å². The summed E-state index contributed by atoms with van der Waals surface area (Å²) < 4.78 is 5.27. The summed E-state index contributed by atoms with van der Waals surface area (Å²) in [6.07, 6.45) is 2.82. The average molecular weight is 230 g/mol. The molecule has 2 heteroatoms. The van der Waals surface area contributed by atoms with E-state index in [1.54, 1.807) is 12.3 Å². The van der Waals surface area contributed by atoms with E-state index in [0.29, 0.717) is 5.76 Å². The Morgan fingerprint density at radius 3 is 2.59 bits per heavy atom. The third-order valence-corrected chi connectivity index (χ3v) is 3.11. The van der Waals surface area contributed by atoms with Gasteiger partial charge in [0.05, 0.1) is 6.26 Å². The van der Waals surface area contributed by atoms with Crippen molar-refractivity contribution in [2.24, 2.45) is 0 Å². The molecule has 0 spiro atoms. The first-order chi connectivity index (χ1) is 8.26. The highest BCUT2D eigenvalue weighted by molar-refractivity contribution is 5.36. The van der Waals surface area contributed by atoms with Crippen LogP contribution in [0.5, 0.6) is 0 Å². The van der Waals surface area contributed by atoms with E-state index in [4.69, 9.17) is 4.42 Å². The van der Waals surface area contributed by atoms with Gasteiger partial charge in [0, 0.05) is 0 Å². The standard InChI is InChI=1S/C15H18O2/c1-3-11-7-8-12(4-2)13(10-11)15(16)14-6-5-9-17-14/h5-10,15-16H,3-4H2,1-2H3. The topological polar surface area (TPSA) is 33.4 Å². The summed E-state index contributed by atoms with van der Waals surface area (Å²) in [5, 5.41) is 10.3. The number of aryl methyl sites for hydroxylation is 2. The van der Waals surface area contributed by atoms with Gasteiger partial charge < -0.3 is 9.52 Å². The van der Waals surface area contributed by atoms with Gasteiger partial charge in [-0.15, -0.1) is 0 Å². The van der Waals surface area contributed by atoms with Crippen LogP contribution in [-0.4, -0.2) is 5.11 Å². The van der Waals surface area contributed by atoms with Gasteiger partial charge in [-0.2, -0.15) is 0 Å². The first-order valence-electron chi connectivity index (χ1n) is 6.09. The number of aliphatic hydroxyl groups is 1. The maximum Gasteiger partial charge on any atom is 0.137 e. The molecule has 1 aromatic carbocycles. The van der Waals surface area contributed by atoms with E-state index in [2.05, 4.69) is 32.0 Å². The predicted molar refractivity (Wildman–Crippen MR) is 68.0 cm³/mol. The Labute approximate surface area is 102 Å². The molecule has 0 radical (unpaired) electrons. The van der Waals surface area contributed by atoms with Crippen molar-refractivity contribution in [1.29, 1.82) is 0 Å². The highest BCUT2D eigenvalue weighted by Crippen LogP contribution is 2.27. The minimum atomic E-state index is -0.661. The molecule has 2 nitrogen and oxygen atoms in total. The van der Waals surface area contributed by atoms with Gasteiger partial charge in [0.2, 0.25) is 0 Å². The molecular formula is C15H18O2. The molecule has 0 saturated heterocycles. The smallest absolute Gasteiger partial charge is 0.137 e. The monoisotopic (exact) mass is 230 g/mol. The van der Waals surface area contributed by atoms with Gasteiger partial charge in [-0.3, -0.25) is 0 Å². The number of hydrogen-bond acceptors (Lipinski definition) is 2. The van der Waals surface area contributed by atoms with Crippen LogP contribution < -0.4 is 0 Å². The zero-order valence-corrected chi connectivity index (χ0v) is 10.3. The van der Waals surface area contributed by atoms with E-state index in [9.17, 15) is 5.11 Å². The summed E-state index contributed by atoms with van der Waals surface area (Å²) in [6, 6.07) is 9.90. The van der Waals surface area contributed by atoms with Crippen molar-refractivity contribution in [3.05, 3.63) is 59.0 Å². The minimum Gasteiger partial charge on any atom is -0.466 e. The lowest BCUT2D eigenvalue weighted by molar-refractivity contribution is 0.188. The molecule has 0 amide bonds. The number of rotatable bonds is 4. The van der Waals surface area contributed by atoms with Crippen LogP contribution in [0.1, 0.15) is 42.4 Å². The van der Waals surface area contributed by atoms with Crippen molar-refractivity contribution in [2.45, 2.75) is 32.8 Å². The first kappa shape index (κ1) is 11.9. The zero-order valence-electron chi connectivity index (χ0n) is 10.3. The number of furan rings is 1. The van der Waals surface area contributed by atoms with Crippen LogP contribution in [0, 0.1) is 0 Å². The fourth-order valence-electron chi connectivity index (χ4n) is 2.04. The fourth-order valence-corrected chi connectivity index (χ4v) is 2.04. The summed E-state index contributed by atoms with van der Waals surface area (Å²) in [6.45, 7) is 4.21. The molecule has 0 aliphatic heterocycles. The van der Waals surface area contributed by atoms with Crippen LogP contribution in [0.2, 0.25) is 0 Å². The lowest BCUT2D eigenvalue weighted by Crippen LogP contribution is -2.03. The van der Waals surface area contributed by atoms with E-state index < -0.39 is 6.10 Å². The van der Waals surface area contributed by atoms with Crippen LogP contribution in [0.3, 0.4) is 0 Å². The second-order valence-electron chi connectivity index (χ2n) is 4.16. The Kier molecular flexibility index (Phi) is 3.64. The van der Waals surface area contributed by atoms with E-state index in [1.165, 1.54) is 11.1 Å². The molecule has 1 unspecified atom stereocenters. The number of benzene rings is 1. The fraction of sp³-hybridized carbons (Fsp3) is 0.333.